The van der Waals surface area contributed by atoms with E-state index in [-0.39, 0.29) is 37.8 Å². The zero-order valence-electron chi connectivity index (χ0n) is 19.1. The first kappa shape index (κ1) is 27.2. The Balaban J connectivity index is 2.24. The number of esters is 1. The average Bonchev–Trinajstić information content (AvgIpc) is 2.84. The Morgan fingerprint density at radius 1 is 1.06 bits per heavy atom. The number of ketones is 1. The molecule has 0 fully saturated rings. The van der Waals surface area contributed by atoms with E-state index < -0.39 is 24.3 Å². The predicted octanol–water partition coefficient (Wildman–Crippen LogP) is 3.43. The fraction of sp³-hybridized carbons (Fsp3) is 0.375. The largest absolute Gasteiger partial charge is 0.491 e. The van der Waals surface area contributed by atoms with Crippen LogP contribution in [0.2, 0.25) is 0 Å². The lowest BCUT2D eigenvalue weighted by Gasteiger charge is -2.28. The number of benzene rings is 2. The number of aliphatic hydroxyl groups is 1. The van der Waals surface area contributed by atoms with Gasteiger partial charge in [0.2, 0.25) is 0 Å². The monoisotopic (exact) mass is 491 g/mol. The van der Waals surface area contributed by atoms with Crippen LogP contribution in [0.4, 0.5) is 10.5 Å². The summed E-state index contributed by atoms with van der Waals surface area (Å²) < 4.78 is 22.0. The van der Waals surface area contributed by atoms with E-state index in [0.717, 1.165) is 0 Å². The summed E-state index contributed by atoms with van der Waals surface area (Å²) in [6.45, 7) is 1.35. The van der Waals surface area contributed by atoms with Crippen LogP contribution in [0, 0.1) is 0 Å². The molecule has 9 nitrogen and oxygen atoms in total. The van der Waals surface area contributed by atoms with Gasteiger partial charge in [-0.15, -0.1) is 0 Å². The molecule has 184 valence electrons. The van der Waals surface area contributed by atoms with Crippen molar-refractivity contribution >= 4 is 36.2 Å². The van der Waals surface area contributed by atoms with Gasteiger partial charge in [-0.2, -0.15) is 12.6 Å². The maximum absolute atomic E-state index is 12.8. The van der Waals surface area contributed by atoms with Crippen LogP contribution < -0.4 is 10.1 Å². The number of Topliss-reactive ketones (excluding diaryl/α,β-unsaturated/α-hetero) is 1. The Bertz CT molecular complexity index is 950. The predicted molar refractivity (Wildman–Crippen MR) is 129 cm³/mol. The zero-order chi connectivity index (χ0) is 24.9. The Hall–Kier alpha value is -3.08. The highest BCUT2D eigenvalue weighted by molar-refractivity contribution is 7.81. The van der Waals surface area contributed by atoms with Crippen LogP contribution in [-0.4, -0.2) is 61.7 Å². The molecular formula is C24H29NO8S. The average molecular weight is 492 g/mol. The summed E-state index contributed by atoms with van der Waals surface area (Å²) in [5, 5.41) is 11.8. The molecule has 0 spiro atoms. The van der Waals surface area contributed by atoms with Crippen LogP contribution in [0.3, 0.4) is 0 Å². The van der Waals surface area contributed by atoms with E-state index in [1.807, 2.05) is 0 Å². The van der Waals surface area contributed by atoms with Crippen molar-refractivity contribution in [1.82, 2.24) is 0 Å². The number of carbonyl (C=O) groups excluding carboxylic acids is 3. The molecule has 2 aromatic rings. The van der Waals surface area contributed by atoms with Gasteiger partial charge >= 0.3 is 12.1 Å². The number of anilines is 1. The van der Waals surface area contributed by atoms with Crippen LogP contribution in [0.25, 0.3) is 0 Å². The number of carbonyl (C=O) groups is 3. The van der Waals surface area contributed by atoms with Crippen LogP contribution in [0.5, 0.6) is 5.75 Å². The van der Waals surface area contributed by atoms with Crippen molar-refractivity contribution < 1.29 is 38.4 Å². The lowest BCUT2D eigenvalue weighted by atomic mass is 10.0. The number of rotatable bonds is 13. The fourth-order valence-electron chi connectivity index (χ4n) is 3.12. The van der Waals surface area contributed by atoms with Gasteiger partial charge < -0.3 is 24.1 Å². The molecule has 10 heteroatoms. The molecular weight excluding hydrogens is 462 g/mol. The second kappa shape index (κ2) is 14.2. The molecule has 0 saturated heterocycles. The van der Waals surface area contributed by atoms with Gasteiger partial charge in [-0.25, -0.2) is 4.79 Å². The smallest absolute Gasteiger partial charge is 0.412 e. The minimum atomic E-state index is -0.925. The van der Waals surface area contributed by atoms with Gasteiger partial charge in [0.1, 0.15) is 18.5 Å². The molecule has 0 heterocycles. The highest BCUT2D eigenvalue weighted by Gasteiger charge is 2.30. The van der Waals surface area contributed by atoms with E-state index in [1.165, 1.54) is 14.0 Å². The lowest BCUT2D eigenvalue weighted by Crippen LogP contribution is -2.30. The number of hydrogen-bond acceptors (Lipinski definition) is 9. The summed E-state index contributed by atoms with van der Waals surface area (Å²) in [6.07, 6.45) is -2.13. The molecule has 0 bridgehead atoms. The van der Waals surface area contributed by atoms with Crippen LogP contribution >= 0.6 is 12.6 Å². The first-order valence-corrected chi connectivity index (χ1v) is 11.2. The Labute approximate surface area is 203 Å². The third-order valence-electron chi connectivity index (χ3n) is 4.78. The third kappa shape index (κ3) is 8.36. The molecule has 0 aromatic heterocycles. The second-order valence-corrected chi connectivity index (χ2v) is 7.45. The molecule has 2 rings (SSSR count). The first-order valence-electron chi connectivity index (χ1n) is 10.6. The fourth-order valence-corrected chi connectivity index (χ4v) is 3.21. The highest BCUT2D eigenvalue weighted by atomic mass is 32.1. The first-order chi connectivity index (χ1) is 16.4. The van der Waals surface area contributed by atoms with Crippen molar-refractivity contribution in [3.63, 3.8) is 0 Å². The number of aliphatic hydroxyl groups excluding tert-OH is 1. The molecule has 0 aliphatic rings. The summed E-state index contributed by atoms with van der Waals surface area (Å²) in [5.41, 5.74) is 1.47. The topological polar surface area (TPSA) is 120 Å². The van der Waals surface area contributed by atoms with Crippen molar-refractivity contribution in [3.05, 3.63) is 59.7 Å². The van der Waals surface area contributed by atoms with E-state index >= 15 is 0 Å². The molecule has 2 aromatic carbocycles. The van der Waals surface area contributed by atoms with E-state index in [4.69, 9.17) is 24.1 Å². The summed E-state index contributed by atoms with van der Waals surface area (Å²) in [7, 11) is 1.46. The second-order valence-electron chi connectivity index (χ2n) is 7.14. The number of thiol groups is 1. The minimum absolute atomic E-state index is 0.0333. The van der Waals surface area contributed by atoms with Crippen LogP contribution in [-0.2, 0) is 19.0 Å². The number of hydrogen-bond donors (Lipinski definition) is 3. The molecule has 34 heavy (non-hydrogen) atoms. The Morgan fingerprint density at radius 2 is 1.76 bits per heavy atom. The number of para-hydroxylation sites is 1. The Morgan fingerprint density at radius 3 is 2.38 bits per heavy atom. The van der Waals surface area contributed by atoms with Crippen molar-refractivity contribution in [3.8, 4) is 5.75 Å². The van der Waals surface area contributed by atoms with Crippen molar-refractivity contribution in [1.29, 1.82) is 0 Å². The van der Waals surface area contributed by atoms with Gasteiger partial charge in [0.05, 0.1) is 19.0 Å². The number of methoxy groups -OCH3 is 1. The van der Waals surface area contributed by atoms with E-state index in [0.29, 0.717) is 22.6 Å². The maximum Gasteiger partial charge on any atom is 0.412 e. The van der Waals surface area contributed by atoms with Gasteiger partial charge in [0.25, 0.3) is 0 Å². The van der Waals surface area contributed by atoms with Gasteiger partial charge in [-0.3, -0.25) is 14.9 Å². The van der Waals surface area contributed by atoms with E-state index in [2.05, 4.69) is 17.9 Å². The third-order valence-corrected chi connectivity index (χ3v) is 5.04. The molecule has 0 aliphatic heterocycles. The maximum atomic E-state index is 12.8. The molecule has 2 N–H and O–H groups in total. The standard InChI is InChI=1S/C24H29NO8S/c1-16(27)17-7-9-18(10-8-17)25-24(29)33-23(21(30-2)11-13-32-22(28)15-34)19-5-3-4-6-20(19)31-14-12-26/h3-10,21,23,26,34H,11-15H2,1-2H3,(H,25,29)/t21-,23-/m1/s1. The summed E-state index contributed by atoms with van der Waals surface area (Å²) >= 11 is 3.88. The van der Waals surface area contributed by atoms with Crippen LogP contribution in [0.15, 0.2) is 48.5 Å². The van der Waals surface area contributed by atoms with Gasteiger partial charge in [-0.1, -0.05) is 18.2 Å². The van der Waals surface area contributed by atoms with Gasteiger partial charge in [0.15, 0.2) is 11.9 Å². The summed E-state index contributed by atoms with van der Waals surface area (Å²) in [5.74, 6) is -0.209. The van der Waals surface area contributed by atoms with E-state index in [1.54, 1.807) is 48.5 Å². The molecule has 0 radical (unpaired) electrons. The molecule has 0 unspecified atom stereocenters. The molecule has 1 amide bonds. The molecule has 0 saturated carbocycles. The minimum Gasteiger partial charge on any atom is -0.491 e. The van der Waals surface area contributed by atoms with Gasteiger partial charge in [0, 0.05) is 30.3 Å². The summed E-state index contributed by atoms with van der Waals surface area (Å²) in [4.78, 5) is 35.7. The van der Waals surface area contributed by atoms with Crippen molar-refractivity contribution in [2.45, 2.75) is 25.6 Å². The van der Waals surface area contributed by atoms with Crippen molar-refractivity contribution in [2.75, 3.05) is 38.0 Å². The van der Waals surface area contributed by atoms with E-state index in [9.17, 15) is 14.4 Å². The SMILES string of the molecule is CO[C@H](CCOC(=O)CS)[C@H](OC(=O)Nc1ccc(C(C)=O)cc1)c1ccccc1OCCO. The van der Waals surface area contributed by atoms with Gasteiger partial charge in [-0.05, 0) is 37.3 Å². The van der Waals surface area contributed by atoms with Crippen LogP contribution in [0.1, 0.15) is 35.4 Å². The number of amides is 1. The van der Waals surface area contributed by atoms with Crippen molar-refractivity contribution in [2.24, 2.45) is 0 Å². The lowest BCUT2D eigenvalue weighted by molar-refractivity contribution is -0.141. The zero-order valence-corrected chi connectivity index (χ0v) is 20.0. The normalized spacial score (nSPS) is 12.4. The molecule has 0 aliphatic carbocycles. The highest BCUT2D eigenvalue weighted by Crippen LogP contribution is 2.33. The number of ether oxygens (including phenoxy) is 4. The molecule has 2 atom stereocenters. The quantitative estimate of drug-likeness (QED) is 0.221. The number of nitrogens with one attached hydrogen (secondary N) is 1. The Kier molecular flexibility index (Phi) is 11.4. The summed E-state index contributed by atoms with van der Waals surface area (Å²) in [6, 6.07) is 13.3.